The Morgan fingerprint density at radius 3 is 1.19 bits per heavy atom. The van der Waals surface area contributed by atoms with Crippen LogP contribution in [0.4, 0.5) is 0 Å². The summed E-state index contributed by atoms with van der Waals surface area (Å²) < 4.78 is 4.00. The molecule has 0 aliphatic heterocycles. The molecule has 1 aliphatic rings. The van der Waals surface area contributed by atoms with Crippen molar-refractivity contribution >= 4 is 0 Å². The average molecular weight is 467 g/mol. The molecule has 6 aromatic rings. The van der Waals surface area contributed by atoms with Gasteiger partial charge in [-0.1, -0.05) is 120 Å². The van der Waals surface area contributed by atoms with Crippen molar-refractivity contribution in [3.8, 4) is 0 Å². The lowest BCUT2D eigenvalue weighted by molar-refractivity contribution is 0.634. The Kier molecular flexibility index (Phi) is 4.81. The number of nitrogens with zero attached hydrogens (tertiary/aromatic N) is 6. The van der Waals surface area contributed by atoms with Crippen LogP contribution in [0.1, 0.15) is 11.1 Å². The molecule has 0 unspecified atom stereocenters. The Balaban J connectivity index is 1.69. The molecule has 1 aliphatic carbocycles. The van der Waals surface area contributed by atoms with Gasteiger partial charge in [-0.25, -0.2) is 9.36 Å². The maximum absolute atomic E-state index is 4.73. The third kappa shape index (κ3) is 3.34. The van der Waals surface area contributed by atoms with Crippen molar-refractivity contribution in [1.29, 1.82) is 0 Å². The topological polar surface area (TPSA) is 61.4 Å². The summed E-state index contributed by atoms with van der Waals surface area (Å²) in [5, 5.41) is 26.6. The van der Waals surface area contributed by atoms with E-state index in [2.05, 4.69) is 107 Å². The smallest absolute Gasteiger partial charge is 0.121 e. The molecular weight excluding hydrogens is 444 g/mol. The Bertz CT molecular complexity index is 1950. The molecule has 0 N–H and O–H groups in total. The van der Waals surface area contributed by atoms with Gasteiger partial charge in [0.1, 0.15) is 10.7 Å². The Labute approximate surface area is 205 Å². The standard InChI is InChI=1S/C30H22N6/c1-3-11-21(12-4-1)19-35-29-25-17-9-7-15-23(25)28-30(26-18-10-8-16-24(26)27(29)31-33-35)36(34-32-28)20-22-13-5-2-6-14-22/h1-18H,19-20H2/b27-24+,28-23+,29-25+,30-26+. The minimum atomic E-state index is 0.632. The Morgan fingerprint density at radius 2 is 0.778 bits per heavy atom. The molecule has 7 rings (SSSR count). The van der Waals surface area contributed by atoms with Crippen molar-refractivity contribution in [1.82, 2.24) is 30.0 Å². The minimum absolute atomic E-state index is 0.632. The molecule has 4 aromatic carbocycles. The fourth-order valence-corrected chi connectivity index (χ4v) is 5.05. The molecule has 0 radical (unpaired) electrons. The van der Waals surface area contributed by atoms with Crippen molar-refractivity contribution < 1.29 is 0 Å². The van der Waals surface area contributed by atoms with E-state index in [0.717, 1.165) is 42.3 Å². The first-order valence-corrected chi connectivity index (χ1v) is 12.0. The molecular formula is C30H22N6. The number of benzene rings is 4. The third-order valence-electron chi connectivity index (χ3n) is 6.70. The minimum Gasteiger partial charge on any atom is -0.240 e. The number of rotatable bonds is 4. The van der Waals surface area contributed by atoms with Gasteiger partial charge in [0.25, 0.3) is 0 Å². The molecule has 2 heterocycles. The maximum atomic E-state index is 4.73. The first kappa shape index (κ1) is 20.5. The maximum Gasteiger partial charge on any atom is 0.121 e. The summed E-state index contributed by atoms with van der Waals surface area (Å²) in [4.78, 5) is 0. The van der Waals surface area contributed by atoms with Gasteiger partial charge in [-0.3, -0.25) is 0 Å². The van der Waals surface area contributed by atoms with Crippen LogP contribution in [0.5, 0.6) is 0 Å². The number of hydrogen-bond donors (Lipinski definition) is 0. The van der Waals surface area contributed by atoms with Crippen molar-refractivity contribution in [2.45, 2.75) is 13.1 Å². The Morgan fingerprint density at radius 1 is 0.417 bits per heavy atom. The summed E-state index contributed by atoms with van der Waals surface area (Å²) in [5.41, 5.74) is 2.35. The SMILES string of the molecule is c1ccc(Cn2nnc3/c2=c2/cccc/c2=c2\nnn(Cc4ccccc4)\c2=c2/cccc/c2=3)cc1. The van der Waals surface area contributed by atoms with Gasteiger partial charge in [0.2, 0.25) is 0 Å². The molecule has 0 bridgehead atoms. The zero-order chi connectivity index (χ0) is 23.9. The van der Waals surface area contributed by atoms with Gasteiger partial charge in [0, 0.05) is 20.9 Å². The average Bonchev–Trinajstić information content (AvgIpc) is 3.53. The molecule has 0 saturated carbocycles. The van der Waals surface area contributed by atoms with E-state index in [1.807, 2.05) is 21.5 Å². The fraction of sp³-hybridized carbons (Fsp3) is 0.0667. The monoisotopic (exact) mass is 466 g/mol. The second kappa shape index (κ2) is 8.43. The molecule has 6 nitrogen and oxygen atoms in total. The van der Waals surface area contributed by atoms with Gasteiger partial charge in [-0.2, -0.15) is 0 Å². The molecule has 6 heteroatoms. The van der Waals surface area contributed by atoms with E-state index < -0.39 is 0 Å². The first-order valence-electron chi connectivity index (χ1n) is 12.0. The molecule has 36 heavy (non-hydrogen) atoms. The molecule has 0 saturated heterocycles. The summed E-state index contributed by atoms with van der Waals surface area (Å²) in [6, 6.07) is 37.5. The van der Waals surface area contributed by atoms with Gasteiger partial charge in [-0.05, 0) is 11.1 Å². The van der Waals surface area contributed by atoms with Gasteiger partial charge in [-0.15, -0.1) is 10.2 Å². The molecule has 0 atom stereocenters. The molecule has 0 fully saturated rings. The van der Waals surface area contributed by atoms with E-state index in [0.29, 0.717) is 13.1 Å². The van der Waals surface area contributed by atoms with E-state index in [9.17, 15) is 0 Å². The quantitative estimate of drug-likeness (QED) is 0.385. The van der Waals surface area contributed by atoms with Crippen LogP contribution in [0.2, 0.25) is 0 Å². The highest BCUT2D eigenvalue weighted by molar-refractivity contribution is 5.24. The van der Waals surface area contributed by atoms with E-state index >= 15 is 0 Å². The zero-order valence-electron chi connectivity index (χ0n) is 19.5. The van der Waals surface area contributed by atoms with Crippen LogP contribution in [0.3, 0.4) is 0 Å². The Hall–Kier alpha value is -4.84. The summed E-state index contributed by atoms with van der Waals surface area (Å²) in [5.74, 6) is 0. The van der Waals surface area contributed by atoms with Crippen molar-refractivity contribution in [2.24, 2.45) is 0 Å². The molecule has 172 valence electrons. The third-order valence-corrected chi connectivity index (χ3v) is 6.70. The van der Waals surface area contributed by atoms with Crippen LogP contribution in [0, 0.1) is 42.3 Å². The summed E-state index contributed by atoms with van der Waals surface area (Å²) in [7, 11) is 0. The van der Waals surface area contributed by atoms with Gasteiger partial charge >= 0.3 is 0 Å². The van der Waals surface area contributed by atoms with E-state index in [-0.39, 0.29) is 0 Å². The van der Waals surface area contributed by atoms with Gasteiger partial charge < -0.3 is 0 Å². The molecule has 0 amide bonds. The molecule has 0 spiro atoms. The summed E-state index contributed by atoms with van der Waals surface area (Å²) in [6.07, 6.45) is 0. The van der Waals surface area contributed by atoms with Gasteiger partial charge in [0.05, 0.1) is 23.8 Å². The first-order chi connectivity index (χ1) is 17.9. The number of fused-ring (bicyclic) bond motifs is 4. The van der Waals surface area contributed by atoms with Crippen LogP contribution in [0.25, 0.3) is 0 Å². The van der Waals surface area contributed by atoms with Crippen molar-refractivity contribution in [2.75, 3.05) is 0 Å². The highest BCUT2D eigenvalue weighted by Gasteiger charge is 2.11. The second-order valence-corrected chi connectivity index (χ2v) is 8.95. The lowest BCUT2D eigenvalue weighted by Crippen LogP contribution is -2.04. The van der Waals surface area contributed by atoms with Crippen LogP contribution in [0.15, 0.2) is 109 Å². The van der Waals surface area contributed by atoms with Crippen LogP contribution >= 0.6 is 0 Å². The highest BCUT2D eigenvalue weighted by atomic mass is 15.4. The number of aromatic nitrogens is 6. The highest BCUT2D eigenvalue weighted by Crippen LogP contribution is 2.13. The lowest BCUT2D eigenvalue weighted by atomic mass is 10.1. The van der Waals surface area contributed by atoms with E-state index in [4.69, 9.17) is 10.2 Å². The normalized spacial score (nSPS) is 15.6. The lowest BCUT2D eigenvalue weighted by Gasteiger charge is -2.04. The number of hydrogen-bond acceptors (Lipinski definition) is 4. The van der Waals surface area contributed by atoms with Crippen molar-refractivity contribution in [3.05, 3.63) is 163 Å². The summed E-state index contributed by atoms with van der Waals surface area (Å²) >= 11 is 0. The second-order valence-electron chi connectivity index (χ2n) is 8.95. The van der Waals surface area contributed by atoms with Crippen LogP contribution in [-0.4, -0.2) is 30.0 Å². The van der Waals surface area contributed by atoms with E-state index in [1.54, 1.807) is 0 Å². The predicted molar refractivity (Wildman–Crippen MR) is 135 cm³/mol. The summed E-state index contributed by atoms with van der Waals surface area (Å²) in [6.45, 7) is 1.26. The van der Waals surface area contributed by atoms with Crippen molar-refractivity contribution in [3.63, 3.8) is 0 Å². The van der Waals surface area contributed by atoms with Crippen LogP contribution < -0.4 is 0 Å². The predicted octanol–water partition coefficient (Wildman–Crippen LogP) is 4.43. The fourth-order valence-electron chi connectivity index (χ4n) is 5.05. The van der Waals surface area contributed by atoms with Crippen LogP contribution in [-0.2, 0) is 13.1 Å². The van der Waals surface area contributed by atoms with E-state index in [1.165, 1.54) is 11.1 Å². The largest absolute Gasteiger partial charge is 0.240 e. The molecule has 2 aromatic heterocycles. The van der Waals surface area contributed by atoms with Gasteiger partial charge in [0.15, 0.2) is 0 Å². The zero-order valence-corrected chi connectivity index (χ0v) is 19.5.